The second-order valence-corrected chi connectivity index (χ2v) is 4.41. The molecule has 2 aromatic rings. The highest BCUT2D eigenvalue weighted by Gasteiger charge is 2.13. The number of non-ortho nitro benzene ring substituents is 1. The van der Waals surface area contributed by atoms with Gasteiger partial charge in [0.1, 0.15) is 0 Å². The Bertz CT molecular complexity index is 641. The fourth-order valence-corrected chi connectivity index (χ4v) is 1.69. The van der Waals surface area contributed by atoms with Gasteiger partial charge in [-0.05, 0) is 18.6 Å². The molecule has 1 atom stereocenters. The van der Waals surface area contributed by atoms with Crippen LogP contribution < -0.4 is 15.2 Å². The van der Waals surface area contributed by atoms with Crippen molar-refractivity contribution in [3.63, 3.8) is 0 Å². The van der Waals surface area contributed by atoms with Crippen LogP contribution in [0.5, 0.6) is 17.4 Å². The standard InChI is InChI=1S/C14H15N3O4/c1-9(15)10-3-6-14(16-8-10)21-12-5-4-11(17(18)19)7-13(12)20-2/h3-9H,15H2,1-2H3/t9-/m1/s1. The van der Waals surface area contributed by atoms with Crippen LogP contribution in [0, 0.1) is 10.1 Å². The largest absolute Gasteiger partial charge is 0.493 e. The number of pyridine rings is 1. The van der Waals surface area contributed by atoms with Gasteiger partial charge in [0, 0.05) is 24.4 Å². The maximum Gasteiger partial charge on any atom is 0.273 e. The molecule has 0 saturated carbocycles. The third kappa shape index (κ3) is 3.46. The van der Waals surface area contributed by atoms with Crippen molar-refractivity contribution in [1.29, 1.82) is 0 Å². The van der Waals surface area contributed by atoms with Crippen LogP contribution in [0.1, 0.15) is 18.5 Å². The molecule has 0 aliphatic rings. The summed E-state index contributed by atoms with van der Waals surface area (Å²) in [5.74, 6) is 0.970. The summed E-state index contributed by atoms with van der Waals surface area (Å²) in [5, 5.41) is 10.7. The maximum atomic E-state index is 10.7. The minimum Gasteiger partial charge on any atom is -0.493 e. The van der Waals surface area contributed by atoms with E-state index < -0.39 is 4.92 Å². The van der Waals surface area contributed by atoms with Crippen LogP contribution in [0.2, 0.25) is 0 Å². The Morgan fingerprint density at radius 3 is 2.57 bits per heavy atom. The Kier molecular flexibility index (Phi) is 4.34. The Hall–Kier alpha value is -2.67. The normalized spacial score (nSPS) is 11.8. The monoisotopic (exact) mass is 289 g/mol. The summed E-state index contributed by atoms with van der Waals surface area (Å²) in [6, 6.07) is 7.49. The van der Waals surface area contributed by atoms with Gasteiger partial charge in [-0.25, -0.2) is 4.98 Å². The van der Waals surface area contributed by atoms with Crippen LogP contribution in [-0.4, -0.2) is 17.0 Å². The van der Waals surface area contributed by atoms with Gasteiger partial charge < -0.3 is 15.2 Å². The number of rotatable bonds is 5. The highest BCUT2D eigenvalue weighted by Crippen LogP contribution is 2.33. The van der Waals surface area contributed by atoms with Gasteiger partial charge in [-0.3, -0.25) is 10.1 Å². The first-order valence-electron chi connectivity index (χ1n) is 6.23. The lowest BCUT2D eigenvalue weighted by Crippen LogP contribution is -2.05. The number of aromatic nitrogens is 1. The van der Waals surface area contributed by atoms with Crippen LogP contribution in [0.4, 0.5) is 5.69 Å². The van der Waals surface area contributed by atoms with E-state index in [1.54, 1.807) is 12.3 Å². The van der Waals surface area contributed by atoms with Gasteiger partial charge >= 0.3 is 0 Å². The molecule has 1 heterocycles. The minimum atomic E-state index is -0.498. The lowest BCUT2D eigenvalue weighted by molar-refractivity contribution is -0.384. The van der Waals surface area contributed by atoms with Gasteiger partial charge in [-0.1, -0.05) is 6.07 Å². The predicted molar refractivity (Wildman–Crippen MR) is 76.6 cm³/mol. The molecule has 0 saturated heterocycles. The van der Waals surface area contributed by atoms with E-state index in [0.29, 0.717) is 11.6 Å². The molecule has 0 amide bonds. The third-order valence-corrected chi connectivity index (χ3v) is 2.86. The molecule has 1 aromatic heterocycles. The van der Waals surface area contributed by atoms with Gasteiger partial charge in [0.25, 0.3) is 5.69 Å². The lowest BCUT2D eigenvalue weighted by Gasteiger charge is -2.10. The predicted octanol–water partition coefficient (Wildman–Crippen LogP) is 2.81. The molecule has 0 radical (unpaired) electrons. The molecule has 0 aliphatic heterocycles. The van der Waals surface area contributed by atoms with Crippen molar-refractivity contribution >= 4 is 5.69 Å². The van der Waals surface area contributed by atoms with Crippen molar-refractivity contribution in [2.45, 2.75) is 13.0 Å². The van der Waals surface area contributed by atoms with Crippen molar-refractivity contribution < 1.29 is 14.4 Å². The average Bonchev–Trinajstić information content (AvgIpc) is 2.48. The first-order chi connectivity index (χ1) is 10.0. The minimum absolute atomic E-state index is 0.0699. The zero-order valence-electron chi connectivity index (χ0n) is 11.6. The van der Waals surface area contributed by atoms with Crippen LogP contribution in [-0.2, 0) is 0 Å². The SMILES string of the molecule is COc1cc([N+](=O)[O-])ccc1Oc1ccc([C@@H](C)N)cn1. The van der Waals surface area contributed by atoms with Crippen LogP contribution in [0.3, 0.4) is 0 Å². The van der Waals surface area contributed by atoms with Gasteiger partial charge in [-0.2, -0.15) is 0 Å². The van der Waals surface area contributed by atoms with Crippen molar-refractivity contribution in [3.05, 3.63) is 52.2 Å². The van der Waals surface area contributed by atoms with Crippen LogP contribution in [0.15, 0.2) is 36.5 Å². The van der Waals surface area contributed by atoms with E-state index in [1.165, 1.54) is 25.3 Å². The first kappa shape index (κ1) is 14.7. The number of benzene rings is 1. The Morgan fingerprint density at radius 1 is 1.29 bits per heavy atom. The van der Waals surface area contributed by atoms with Crippen LogP contribution >= 0.6 is 0 Å². The molecule has 0 bridgehead atoms. The molecule has 0 spiro atoms. The second kappa shape index (κ2) is 6.19. The molecule has 7 heteroatoms. The van der Waals surface area contributed by atoms with E-state index in [0.717, 1.165) is 5.56 Å². The summed E-state index contributed by atoms with van der Waals surface area (Å²) in [7, 11) is 1.42. The van der Waals surface area contributed by atoms with E-state index >= 15 is 0 Å². The molecule has 21 heavy (non-hydrogen) atoms. The summed E-state index contributed by atoms with van der Waals surface area (Å²) in [6.45, 7) is 1.86. The number of methoxy groups -OCH3 is 1. The highest BCUT2D eigenvalue weighted by atomic mass is 16.6. The number of nitrogens with zero attached hydrogens (tertiary/aromatic N) is 2. The molecule has 7 nitrogen and oxygen atoms in total. The second-order valence-electron chi connectivity index (χ2n) is 4.41. The Morgan fingerprint density at radius 2 is 2.05 bits per heavy atom. The molecule has 2 N–H and O–H groups in total. The number of hydrogen-bond donors (Lipinski definition) is 1. The Labute approximate surface area is 121 Å². The molecule has 110 valence electrons. The smallest absolute Gasteiger partial charge is 0.273 e. The number of nitro groups is 1. The van der Waals surface area contributed by atoms with Gasteiger partial charge in [-0.15, -0.1) is 0 Å². The van der Waals surface area contributed by atoms with Crippen molar-refractivity contribution in [1.82, 2.24) is 4.98 Å². The molecule has 2 rings (SSSR count). The summed E-state index contributed by atoms with van der Waals surface area (Å²) >= 11 is 0. The van der Waals surface area contributed by atoms with E-state index in [2.05, 4.69) is 4.98 Å². The van der Waals surface area contributed by atoms with Gasteiger partial charge in [0.15, 0.2) is 11.5 Å². The summed E-state index contributed by atoms with van der Waals surface area (Å²) in [5.41, 5.74) is 6.56. The molecule has 0 aliphatic carbocycles. The fraction of sp³-hybridized carbons (Fsp3) is 0.214. The maximum absolute atomic E-state index is 10.7. The first-order valence-corrected chi connectivity index (χ1v) is 6.23. The van der Waals surface area contributed by atoms with Crippen molar-refractivity contribution in [2.24, 2.45) is 5.73 Å². The van der Waals surface area contributed by atoms with Crippen molar-refractivity contribution in [2.75, 3.05) is 7.11 Å². The lowest BCUT2D eigenvalue weighted by atomic mass is 10.2. The van der Waals surface area contributed by atoms with Gasteiger partial charge in [0.2, 0.25) is 5.88 Å². The fourth-order valence-electron chi connectivity index (χ4n) is 1.69. The quantitative estimate of drug-likeness (QED) is 0.671. The number of nitrogens with two attached hydrogens (primary N) is 1. The molecule has 1 aromatic carbocycles. The molecular formula is C14H15N3O4. The summed E-state index contributed by atoms with van der Waals surface area (Å²) in [6.07, 6.45) is 1.62. The number of hydrogen-bond acceptors (Lipinski definition) is 6. The van der Waals surface area contributed by atoms with Crippen molar-refractivity contribution in [3.8, 4) is 17.4 Å². The zero-order valence-corrected chi connectivity index (χ0v) is 11.6. The highest BCUT2D eigenvalue weighted by molar-refractivity contribution is 5.49. The molecule has 0 fully saturated rings. The average molecular weight is 289 g/mol. The van der Waals surface area contributed by atoms with Gasteiger partial charge in [0.05, 0.1) is 18.1 Å². The third-order valence-electron chi connectivity index (χ3n) is 2.86. The van der Waals surface area contributed by atoms with E-state index in [1.807, 2.05) is 13.0 Å². The number of nitro benzene ring substituents is 1. The summed E-state index contributed by atoms with van der Waals surface area (Å²) in [4.78, 5) is 14.4. The molecule has 0 unspecified atom stereocenters. The topological polar surface area (TPSA) is 101 Å². The molecular weight excluding hydrogens is 274 g/mol. The van der Waals surface area contributed by atoms with Crippen LogP contribution in [0.25, 0.3) is 0 Å². The van der Waals surface area contributed by atoms with E-state index in [-0.39, 0.29) is 17.5 Å². The van der Waals surface area contributed by atoms with E-state index in [4.69, 9.17) is 15.2 Å². The summed E-state index contributed by atoms with van der Waals surface area (Å²) < 4.78 is 10.7. The Balaban J connectivity index is 2.24. The van der Waals surface area contributed by atoms with E-state index in [9.17, 15) is 10.1 Å². The number of ether oxygens (including phenoxy) is 2. The zero-order chi connectivity index (χ0) is 15.4.